The molecule has 15 heavy (non-hydrogen) atoms. The standard InChI is InChI=1S/C10H20BrNO2S/c1-3-4-7-15(13,14)12-6-5-10(11)9(2)8-12/h9-10H,3-8H2,1-2H3. The Bertz CT molecular complexity index is 292. The third-order valence-corrected chi connectivity index (χ3v) is 6.20. The van der Waals surface area contributed by atoms with E-state index in [1.165, 1.54) is 0 Å². The molecule has 2 unspecified atom stereocenters. The molecule has 0 amide bonds. The second-order valence-electron chi connectivity index (χ2n) is 4.31. The van der Waals surface area contributed by atoms with E-state index in [2.05, 4.69) is 22.9 Å². The van der Waals surface area contributed by atoms with Crippen molar-refractivity contribution in [2.24, 2.45) is 5.92 Å². The fraction of sp³-hybridized carbons (Fsp3) is 1.00. The lowest BCUT2D eigenvalue weighted by molar-refractivity contribution is 0.291. The van der Waals surface area contributed by atoms with E-state index < -0.39 is 10.0 Å². The van der Waals surface area contributed by atoms with Crippen molar-refractivity contribution < 1.29 is 8.42 Å². The van der Waals surface area contributed by atoms with Gasteiger partial charge in [-0.25, -0.2) is 12.7 Å². The summed E-state index contributed by atoms with van der Waals surface area (Å²) in [5.41, 5.74) is 0. The van der Waals surface area contributed by atoms with Crippen molar-refractivity contribution in [3.05, 3.63) is 0 Å². The maximum absolute atomic E-state index is 11.9. The van der Waals surface area contributed by atoms with Gasteiger partial charge in [0.05, 0.1) is 5.75 Å². The molecule has 1 saturated heterocycles. The van der Waals surface area contributed by atoms with E-state index in [1.54, 1.807) is 4.31 Å². The Hall–Kier alpha value is 0.390. The minimum Gasteiger partial charge on any atom is -0.212 e. The van der Waals surface area contributed by atoms with E-state index in [0.29, 0.717) is 29.6 Å². The SMILES string of the molecule is CCCCS(=O)(=O)N1CCC(Br)C(C)C1. The lowest BCUT2D eigenvalue weighted by atomic mass is 10.0. The molecule has 0 spiro atoms. The van der Waals surface area contributed by atoms with Gasteiger partial charge < -0.3 is 0 Å². The van der Waals surface area contributed by atoms with Crippen molar-refractivity contribution in [1.82, 2.24) is 4.31 Å². The number of hydrogen-bond donors (Lipinski definition) is 0. The zero-order chi connectivity index (χ0) is 11.5. The molecular weight excluding hydrogens is 278 g/mol. The van der Waals surface area contributed by atoms with Crippen LogP contribution < -0.4 is 0 Å². The molecule has 0 aromatic rings. The molecule has 0 bridgehead atoms. The summed E-state index contributed by atoms with van der Waals surface area (Å²) in [6.07, 6.45) is 2.63. The normalized spacial score (nSPS) is 29.3. The molecule has 90 valence electrons. The largest absolute Gasteiger partial charge is 0.214 e. The first-order chi connectivity index (χ1) is 6.97. The van der Waals surface area contributed by atoms with Crippen LogP contribution >= 0.6 is 15.9 Å². The maximum Gasteiger partial charge on any atom is 0.214 e. The third kappa shape index (κ3) is 3.71. The van der Waals surface area contributed by atoms with E-state index in [1.807, 2.05) is 6.92 Å². The lowest BCUT2D eigenvalue weighted by Crippen LogP contribution is -2.44. The number of nitrogens with zero attached hydrogens (tertiary/aromatic N) is 1. The summed E-state index contributed by atoms with van der Waals surface area (Å²) in [5.74, 6) is 0.721. The van der Waals surface area contributed by atoms with Crippen molar-refractivity contribution in [1.29, 1.82) is 0 Å². The van der Waals surface area contributed by atoms with Crippen molar-refractivity contribution in [2.75, 3.05) is 18.8 Å². The highest BCUT2D eigenvalue weighted by Crippen LogP contribution is 2.25. The Balaban J connectivity index is 2.57. The molecule has 5 heteroatoms. The van der Waals surface area contributed by atoms with Gasteiger partial charge in [-0.2, -0.15) is 0 Å². The maximum atomic E-state index is 11.9. The molecule has 1 aliphatic rings. The molecule has 3 nitrogen and oxygen atoms in total. The number of alkyl halides is 1. The molecular formula is C10H20BrNO2S. The minimum absolute atomic E-state index is 0.309. The van der Waals surface area contributed by atoms with E-state index in [9.17, 15) is 8.42 Å². The summed E-state index contributed by atoms with van der Waals surface area (Å²) >= 11 is 3.58. The predicted octanol–water partition coefficient (Wildman–Crippen LogP) is 2.22. The first-order valence-electron chi connectivity index (χ1n) is 5.59. The quantitative estimate of drug-likeness (QED) is 0.746. The molecule has 1 fully saturated rings. The predicted molar refractivity (Wildman–Crippen MR) is 66.8 cm³/mol. The van der Waals surface area contributed by atoms with Crippen molar-refractivity contribution in [3.8, 4) is 0 Å². The second kappa shape index (κ2) is 5.64. The van der Waals surface area contributed by atoms with E-state index in [-0.39, 0.29) is 0 Å². The Morgan fingerprint density at radius 1 is 1.47 bits per heavy atom. The monoisotopic (exact) mass is 297 g/mol. The first-order valence-corrected chi connectivity index (χ1v) is 8.11. The molecule has 0 N–H and O–H groups in total. The highest BCUT2D eigenvalue weighted by Gasteiger charge is 2.30. The zero-order valence-corrected chi connectivity index (χ0v) is 11.8. The van der Waals surface area contributed by atoms with Crippen molar-refractivity contribution >= 4 is 26.0 Å². The van der Waals surface area contributed by atoms with Crippen molar-refractivity contribution in [3.63, 3.8) is 0 Å². The molecule has 2 atom stereocenters. The van der Waals surface area contributed by atoms with Gasteiger partial charge in [0, 0.05) is 17.9 Å². The lowest BCUT2D eigenvalue weighted by Gasteiger charge is -2.33. The number of sulfonamides is 1. The van der Waals surface area contributed by atoms with Gasteiger partial charge >= 0.3 is 0 Å². The van der Waals surface area contributed by atoms with Crippen LogP contribution in [0.2, 0.25) is 0 Å². The van der Waals surface area contributed by atoms with Crippen LogP contribution in [0.5, 0.6) is 0 Å². The minimum atomic E-state index is -2.99. The van der Waals surface area contributed by atoms with Gasteiger partial charge in [0.1, 0.15) is 0 Å². The van der Waals surface area contributed by atoms with Gasteiger partial charge in [0.15, 0.2) is 0 Å². The summed E-state index contributed by atoms with van der Waals surface area (Å²) in [4.78, 5) is 0.468. The summed E-state index contributed by atoms with van der Waals surface area (Å²) < 4.78 is 25.5. The zero-order valence-electron chi connectivity index (χ0n) is 9.45. The Labute approximate surface area is 101 Å². The van der Waals surface area contributed by atoms with Crippen LogP contribution in [0, 0.1) is 5.92 Å². The summed E-state index contributed by atoms with van der Waals surface area (Å²) in [6.45, 7) is 5.46. The first kappa shape index (κ1) is 13.5. The summed E-state index contributed by atoms with van der Waals surface area (Å²) in [7, 11) is -2.99. The molecule has 1 heterocycles. The Morgan fingerprint density at radius 3 is 2.67 bits per heavy atom. The number of hydrogen-bond acceptors (Lipinski definition) is 2. The highest BCUT2D eigenvalue weighted by molar-refractivity contribution is 9.09. The van der Waals surface area contributed by atoms with E-state index in [0.717, 1.165) is 19.3 Å². The number of unbranched alkanes of at least 4 members (excludes halogenated alkanes) is 1. The van der Waals surface area contributed by atoms with Gasteiger partial charge in [0.2, 0.25) is 10.0 Å². The smallest absolute Gasteiger partial charge is 0.212 e. The average molecular weight is 298 g/mol. The topological polar surface area (TPSA) is 37.4 Å². The van der Waals surface area contributed by atoms with Crippen LogP contribution in [-0.2, 0) is 10.0 Å². The van der Waals surface area contributed by atoms with Crippen LogP contribution in [0.4, 0.5) is 0 Å². The third-order valence-electron chi connectivity index (χ3n) is 2.91. The molecule has 0 aromatic heterocycles. The van der Waals surface area contributed by atoms with E-state index in [4.69, 9.17) is 0 Å². The van der Waals surface area contributed by atoms with Gasteiger partial charge in [-0.1, -0.05) is 36.2 Å². The fourth-order valence-corrected chi connectivity index (χ4v) is 3.92. The molecule has 0 saturated carbocycles. The van der Waals surface area contributed by atoms with Crippen molar-refractivity contribution in [2.45, 2.75) is 37.9 Å². The van der Waals surface area contributed by atoms with Crippen LogP contribution in [0.15, 0.2) is 0 Å². The summed E-state index contributed by atoms with van der Waals surface area (Å²) in [5, 5.41) is 0. The van der Waals surface area contributed by atoms with Crippen LogP contribution in [0.1, 0.15) is 33.1 Å². The van der Waals surface area contributed by atoms with Crippen LogP contribution in [0.3, 0.4) is 0 Å². The van der Waals surface area contributed by atoms with E-state index >= 15 is 0 Å². The molecule has 0 radical (unpaired) electrons. The molecule has 0 aliphatic carbocycles. The Kier molecular flexibility index (Phi) is 5.06. The summed E-state index contributed by atoms with van der Waals surface area (Å²) in [6, 6.07) is 0. The van der Waals surface area contributed by atoms with Gasteiger partial charge in [-0.3, -0.25) is 0 Å². The number of piperidine rings is 1. The van der Waals surface area contributed by atoms with Gasteiger partial charge in [-0.05, 0) is 18.8 Å². The highest BCUT2D eigenvalue weighted by atomic mass is 79.9. The number of halogens is 1. The average Bonchev–Trinajstić information content (AvgIpc) is 2.19. The molecule has 1 rings (SSSR count). The number of rotatable bonds is 4. The fourth-order valence-electron chi connectivity index (χ4n) is 1.79. The van der Waals surface area contributed by atoms with Crippen LogP contribution in [0.25, 0.3) is 0 Å². The molecule has 0 aromatic carbocycles. The Morgan fingerprint density at radius 2 is 2.13 bits per heavy atom. The van der Waals surface area contributed by atoms with Gasteiger partial charge in [0.25, 0.3) is 0 Å². The van der Waals surface area contributed by atoms with Gasteiger partial charge in [-0.15, -0.1) is 0 Å². The van der Waals surface area contributed by atoms with Crippen LogP contribution in [-0.4, -0.2) is 36.4 Å². The second-order valence-corrected chi connectivity index (χ2v) is 7.57. The molecule has 1 aliphatic heterocycles.